The number of pyridine rings is 1. The highest BCUT2D eigenvalue weighted by Crippen LogP contribution is 2.31. The number of rotatable bonds is 12. The molecule has 31 heavy (non-hydrogen) atoms. The number of benzene rings is 1. The number of aromatic nitrogens is 1. The molecule has 3 nitrogen and oxygen atoms in total. The first-order chi connectivity index (χ1) is 14.9. The molecule has 0 aliphatic heterocycles. The van der Waals surface area contributed by atoms with Crippen molar-refractivity contribution in [1.29, 1.82) is 0 Å². The van der Waals surface area contributed by atoms with Crippen molar-refractivity contribution in [2.45, 2.75) is 65.9 Å². The Labute approximate surface area is 193 Å². The molecule has 0 amide bonds. The normalized spacial score (nSPS) is 13.5. The van der Waals surface area contributed by atoms with Crippen molar-refractivity contribution in [3.05, 3.63) is 77.3 Å². The van der Waals surface area contributed by atoms with Crippen molar-refractivity contribution in [1.82, 2.24) is 4.98 Å². The van der Waals surface area contributed by atoms with E-state index in [9.17, 15) is 0 Å². The molecular formula is C27H36ClNO2. The van der Waals surface area contributed by atoms with Crippen molar-refractivity contribution < 1.29 is 9.47 Å². The lowest BCUT2D eigenvalue weighted by atomic mass is 9.87. The molecule has 1 heterocycles. The van der Waals surface area contributed by atoms with E-state index in [-0.39, 0.29) is 11.5 Å². The fourth-order valence-corrected chi connectivity index (χ4v) is 3.42. The number of aryl methyl sites for hydroxylation is 1. The highest BCUT2D eigenvalue weighted by molar-refractivity contribution is 6.25. The van der Waals surface area contributed by atoms with Crippen LogP contribution in [-0.4, -0.2) is 17.7 Å². The zero-order valence-electron chi connectivity index (χ0n) is 19.3. The molecule has 1 aromatic heterocycles. The molecule has 4 heteroatoms. The summed E-state index contributed by atoms with van der Waals surface area (Å²) >= 11 is 5.69. The highest BCUT2D eigenvalue weighted by atomic mass is 35.5. The molecule has 0 aliphatic rings. The van der Waals surface area contributed by atoms with Crippen LogP contribution < -0.4 is 4.74 Å². The largest absolute Gasteiger partial charge is 0.459 e. The van der Waals surface area contributed by atoms with Gasteiger partial charge in [0.1, 0.15) is 17.6 Å². The van der Waals surface area contributed by atoms with Crippen LogP contribution in [0.1, 0.15) is 64.5 Å². The van der Waals surface area contributed by atoms with Crippen LogP contribution in [-0.2, 0) is 11.2 Å². The second kappa shape index (κ2) is 13.3. The van der Waals surface area contributed by atoms with Gasteiger partial charge < -0.3 is 9.47 Å². The molecule has 0 N–H and O–H groups in total. The molecule has 1 unspecified atom stereocenters. The molecule has 0 saturated heterocycles. The van der Waals surface area contributed by atoms with Gasteiger partial charge in [-0.05, 0) is 59.7 Å². The van der Waals surface area contributed by atoms with Crippen LogP contribution in [0.4, 0.5) is 0 Å². The van der Waals surface area contributed by atoms with Gasteiger partial charge in [0.2, 0.25) is 0 Å². The van der Waals surface area contributed by atoms with Crippen LogP contribution in [0.25, 0.3) is 6.08 Å². The fourth-order valence-electron chi connectivity index (χ4n) is 3.35. The zero-order chi connectivity index (χ0) is 22.5. The van der Waals surface area contributed by atoms with E-state index in [0.29, 0.717) is 6.61 Å². The quantitative estimate of drug-likeness (QED) is 0.248. The molecule has 0 fully saturated rings. The summed E-state index contributed by atoms with van der Waals surface area (Å²) in [6.45, 7) is 9.07. The minimum absolute atomic E-state index is 0.173. The first kappa shape index (κ1) is 25.2. The van der Waals surface area contributed by atoms with E-state index >= 15 is 0 Å². The smallest absolute Gasteiger partial charge is 0.134 e. The lowest BCUT2D eigenvalue weighted by Crippen LogP contribution is -2.33. The number of halogens is 1. The molecule has 0 radical (unpaired) electrons. The first-order valence-corrected chi connectivity index (χ1v) is 11.6. The average Bonchev–Trinajstić information content (AvgIpc) is 2.75. The summed E-state index contributed by atoms with van der Waals surface area (Å²) in [5, 5.41) is 0. The maximum absolute atomic E-state index is 6.39. The summed E-state index contributed by atoms with van der Waals surface area (Å²) in [6.07, 6.45) is 13.3. The zero-order valence-corrected chi connectivity index (χ0v) is 20.1. The third-order valence-electron chi connectivity index (χ3n) is 4.96. The van der Waals surface area contributed by atoms with Gasteiger partial charge in [-0.2, -0.15) is 0 Å². The standard InChI is InChI=1S/C27H36ClNO2/c1-5-6-7-8-11-22-13-15-24(16-14-22)31-25(20-23-12-9-18-29-21-23)26(27(2,3)4)30-19-10-17-28/h9-10,12-18,20-21,26H,5-8,11,19H2,1-4H3. The molecule has 0 aliphatic carbocycles. The molecular weight excluding hydrogens is 406 g/mol. The maximum atomic E-state index is 6.39. The second-order valence-electron chi connectivity index (χ2n) is 8.83. The highest BCUT2D eigenvalue weighted by Gasteiger charge is 2.31. The Morgan fingerprint density at radius 1 is 1.10 bits per heavy atom. The maximum Gasteiger partial charge on any atom is 0.134 e. The number of hydrogen-bond acceptors (Lipinski definition) is 3. The van der Waals surface area contributed by atoms with Gasteiger partial charge in [0.05, 0.1) is 6.61 Å². The van der Waals surface area contributed by atoms with Crippen molar-refractivity contribution in [2.75, 3.05) is 6.61 Å². The van der Waals surface area contributed by atoms with Crippen molar-refractivity contribution in [2.24, 2.45) is 5.41 Å². The van der Waals surface area contributed by atoms with Gasteiger partial charge in [-0.15, -0.1) is 0 Å². The Balaban J connectivity index is 2.23. The van der Waals surface area contributed by atoms with Gasteiger partial charge in [-0.1, -0.05) is 76.8 Å². The molecule has 0 saturated carbocycles. The second-order valence-corrected chi connectivity index (χ2v) is 9.08. The Kier molecular flexibility index (Phi) is 10.8. The third kappa shape index (κ3) is 9.28. The average molecular weight is 442 g/mol. The number of hydrogen-bond donors (Lipinski definition) is 0. The minimum atomic E-state index is -0.255. The third-order valence-corrected chi connectivity index (χ3v) is 5.14. The summed E-state index contributed by atoms with van der Waals surface area (Å²) in [6, 6.07) is 12.3. The van der Waals surface area contributed by atoms with E-state index in [2.05, 4.69) is 44.8 Å². The Morgan fingerprint density at radius 2 is 1.87 bits per heavy atom. The first-order valence-electron chi connectivity index (χ1n) is 11.2. The predicted molar refractivity (Wildman–Crippen MR) is 131 cm³/mol. The summed E-state index contributed by atoms with van der Waals surface area (Å²) in [4.78, 5) is 4.23. The van der Waals surface area contributed by atoms with E-state index in [0.717, 1.165) is 23.5 Å². The van der Waals surface area contributed by atoms with E-state index in [1.54, 1.807) is 12.3 Å². The van der Waals surface area contributed by atoms with Crippen LogP contribution in [0, 0.1) is 5.41 Å². The Bertz CT molecular complexity index is 807. The minimum Gasteiger partial charge on any atom is -0.459 e. The van der Waals surface area contributed by atoms with Gasteiger partial charge in [0.25, 0.3) is 0 Å². The van der Waals surface area contributed by atoms with Gasteiger partial charge in [0.15, 0.2) is 0 Å². The van der Waals surface area contributed by atoms with Crippen LogP contribution in [0.2, 0.25) is 0 Å². The summed E-state index contributed by atoms with van der Waals surface area (Å²) in [7, 11) is 0. The van der Waals surface area contributed by atoms with Crippen LogP contribution in [0.3, 0.4) is 0 Å². The molecule has 2 rings (SSSR count). The van der Waals surface area contributed by atoms with E-state index < -0.39 is 0 Å². The molecule has 0 bridgehead atoms. The van der Waals surface area contributed by atoms with E-state index in [1.165, 1.54) is 36.8 Å². The lowest BCUT2D eigenvalue weighted by Gasteiger charge is -2.32. The lowest BCUT2D eigenvalue weighted by molar-refractivity contribution is 0.00170. The van der Waals surface area contributed by atoms with Gasteiger partial charge >= 0.3 is 0 Å². The molecule has 2 aromatic rings. The Morgan fingerprint density at radius 3 is 2.48 bits per heavy atom. The van der Waals surface area contributed by atoms with Gasteiger partial charge in [-0.3, -0.25) is 4.98 Å². The molecule has 1 aromatic carbocycles. The Hall–Kier alpha value is -2.10. The SMILES string of the molecule is CCCCCCc1ccc(OC(=Cc2cccnc2)C(OCC=CCl)C(C)(C)C)cc1. The topological polar surface area (TPSA) is 31.4 Å². The fraction of sp³-hybridized carbons (Fsp3) is 0.444. The van der Waals surface area contributed by atoms with E-state index in [1.807, 2.05) is 36.5 Å². The van der Waals surface area contributed by atoms with Crippen molar-refractivity contribution in [3.8, 4) is 5.75 Å². The van der Waals surface area contributed by atoms with Gasteiger partial charge in [-0.25, -0.2) is 0 Å². The van der Waals surface area contributed by atoms with Crippen LogP contribution in [0.5, 0.6) is 5.75 Å². The van der Waals surface area contributed by atoms with Gasteiger partial charge in [0, 0.05) is 17.9 Å². The number of ether oxygens (including phenoxy) is 2. The molecule has 1 atom stereocenters. The van der Waals surface area contributed by atoms with E-state index in [4.69, 9.17) is 21.1 Å². The molecule has 168 valence electrons. The predicted octanol–water partition coefficient (Wildman–Crippen LogP) is 7.81. The monoisotopic (exact) mass is 441 g/mol. The molecule has 0 spiro atoms. The van der Waals surface area contributed by atoms with Crippen molar-refractivity contribution in [3.63, 3.8) is 0 Å². The summed E-state index contributed by atoms with van der Waals surface area (Å²) in [5.41, 5.74) is 3.62. The van der Waals surface area contributed by atoms with Crippen LogP contribution in [0.15, 0.2) is 66.2 Å². The summed E-state index contributed by atoms with van der Waals surface area (Å²) < 4.78 is 12.6. The number of unbranched alkanes of at least 4 members (excludes halogenated alkanes) is 3. The number of nitrogens with zero attached hydrogens (tertiary/aromatic N) is 1. The van der Waals surface area contributed by atoms with Crippen molar-refractivity contribution >= 4 is 17.7 Å². The van der Waals surface area contributed by atoms with Crippen LogP contribution >= 0.6 is 11.6 Å². The summed E-state index contributed by atoms with van der Waals surface area (Å²) in [5.74, 6) is 1.55.